The molecule has 0 spiro atoms. The van der Waals surface area contributed by atoms with Gasteiger partial charge >= 0.3 is 0 Å². The van der Waals surface area contributed by atoms with Crippen LogP contribution < -0.4 is 16.8 Å². The van der Waals surface area contributed by atoms with Gasteiger partial charge in [0.1, 0.15) is 5.69 Å². The Morgan fingerprint density at radius 1 is 1.56 bits per heavy atom. The number of hydrogen-bond donors (Lipinski definition) is 3. The van der Waals surface area contributed by atoms with E-state index in [1.165, 1.54) is 12.1 Å². The Bertz CT molecular complexity index is 472. The minimum atomic E-state index is -0.519. The van der Waals surface area contributed by atoms with Crippen molar-refractivity contribution in [3.05, 3.63) is 33.9 Å². The normalized spacial score (nSPS) is 14.6. The molecule has 0 atom stereocenters. The van der Waals surface area contributed by atoms with Crippen LogP contribution in [0.1, 0.15) is 5.56 Å². The predicted octanol–water partition coefficient (Wildman–Crippen LogP) is -0.207. The number of benzene rings is 1. The van der Waals surface area contributed by atoms with Gasteiger partial charge in [0.15, 0.2) is 5.84 Å². The number of amidine groups is 1. The lowest BCUT2D eigenvalue weighted by atomic mass is 10.1. The Balaban J connectivity index is 2.43. The molecular weight excluding hydrogens is 212 g/mol. The number of hydrazone groups is 1. The maximum atomic E-state index is 10.7. The van der Waals surface area contributed by atoms with E-state index in [4.69, 9.17) is 5.73 Å². The van der Waals surface area contributed by atoms with E-state index in [1.54, 1.807) is 18.1 Å². The van der Waals surface area contributed by atoms with E-state index in [0.29, 0.717) is 11.4 Å². The molecule has 8 nitrogen and oxygen atoms in total. The average molecular weight is 222 g/mol. The quantitative estimate of drug-likeness (QED) is 0.363. The summed E-state index contributed by atoms with van der Waals surface area (Å²) in [6.07, 6.45) is 0. The molecule has 8 heteroatoms. The molecule has 0 aromatic heterocycles. The van der Waals surface area contributed by atoms with Crippen molar-refractivity contribution >= 4 is 17.2 Å². The largest absolute Gasteiger partial charge is 0.393 e. The second-order valence-corrected chi connectivity index (χ2v) is 3.25. The molecule has 0 unspecified atom stereocenters. The second-order valence-electron chi connectivity index (χ2n) is 3.25. The van der Waals surface area contributed by atoms with Crippen molar-refractivity contribution in [1.82, 2.24) is 16.1 Å². The summed E-state index contributed by atoms with van der Waals surface area (Å²) in [5.41, 5.74) is 11.4. The third-order valence-corrected chi connectivity index (χ3v) is 2.18. The van der Waals surface area contributed by atoms with Crippen LogP contribution in [0.25, 0.3) is 0 Å². The highest BCUT2D eigenvalue weighted by molar-refractivity contribution is 5.99. The summed E-state index contributed by atoms with van der Waals surface area (Å²) in [6, 6.07) is 4.55. The van der Waals surface area contributed by atoms with Gasteiger partial charge in [-0.15, -0.1) is 10.6 Å². The van der Waals surface area contributed by atoms with Crippen LogP contribution in [0, 0.1) is 10.1 Å². The number of anilines is 1. The Hall–Kier alpha value is -2.35. The number of nitro groups is 1. The second kappa shape index (κ2) is 3.66. The Morgan fingerprint density at radius 3 is 2.88 bits per heavy atom. The first-order chi connectivity index (χ1) is 7.59. The molecule has 2 rings (SSSR count). The van der Waals surface area contributed by atoms with Crippen LogP contribution in [0.2, 0.25) is 0 Å². The Kier molecular flexibility index (Phi) is 2.33. The van der Waals surface area contributed by atoms with Crippen LogP contribution in [0.4, 0.5) is 11.4 Å². The Morgan fingerprint density at radius 2 is 2.31 bits per heavy atom. The number of rotatable bonds is 2. The maximum absolute atomic E-state index is 10.7. The standard InChI is InChI=1S/C8H10N6O2/c1-13-8(10-11-12-13)5-2-3-6(9)7(4-5)14(15)16/h2-4,11-12H,9H2,1H3. The van der Waals surface area contributed by atoms with Crippen molar-refractivity contribution in [2.24, 2.45) is 5.10 Å². The molecule has 0 aliphatic carbocycles. The van der Waals surface area contributed by atoms with Gasteiger partial charge in [0.25, 0.3) is 5.69 Å². The molecule has 16 heavy (non-hydrogen) atoms. The molecule has 1 aromatic rings. The van der Waals surface area contributed by atoms with E-state index in [1.807, 2.05) is 0 Å². The molecule has 84 valence electrons. The number of nitrogen functional groups attached to an aromatic ring is 1. The van der Waals surface area contributed by atoms with Gasteiger partial charge in [-0.3, -0.25) is 15.1 Å². The first-order valence-electron chi connectivity index (χ1n) is 4.46. The van der Waals surface area contributed by atoms with Crippen LogP contribution in [-0.4, -0.2) is 22.8 Å². The highest BCUT2D eigenvalue weighted by Crippen LogP contribution is 2.23. The maximum Gasteiger partial charge on any atom is 0.292 e. The summed E-state index contributed by atoms with van der Waals surface area (Å²) < 4.78 is 0. The van der Waals surface area contributed by atoms with Gasteiger partial charge in [0.2, 0.25) is 0 Å². The minimum Gasteiger partial charge on any atom is -0.393 e. The lowest BCUT2D eigenvalue weighted by Crippen LogP contribution is -2.37. The monoisotopic (exact) mass is 222 g/mol. The molecule has 1 aliphatic rings. The molecule has 0 amide bonds. The number of nitro benzene ring substituents is 1. The molecule has 0 fully saturated rings. The topological polar surface area (TPSA) is 109 Å². The molecule has 0 saturated carbocycles. The molecule has 4 N–H and O–H groups in total. The van der Waals surface area contributed by atoms with E-state index < -0.39 is 4.92 Å². The van der Waals surface area contributed by atoms with E-state index in [9.17, 15) is 10.1 Å². The molecular formula is C8H10N6O2. The van der Waals surface area contributed by atoms with Gasteiger partial charge in [0, 0.05) is 18.7 Å². The summed E-state index contributed by atoms with van der Waals surface area (Å²) in [4.78, 5) is 10.2. The SMILES string of the molecule is CN1NNN=C1c1ccc(N)c([N+](=O)[O-])c1. The molecule has 1 aliphatic heterocycles. The first kappa shape index (κ1) is 10.2. The zero-order valence-corrected chi connectivity index (χ0v) is 8.47. The molecule has 0 saturated heterocycles. The van der Waals surface area contributed by atoms with Crippen molar-refractivity contribution in [2.75, 3.05) is 12.8 Å². The summed E-state index contributed by atoms with van der Waals surface area (Å²) >= 11 is 0. The fraction of sp³-hybridized carbons (Fsp3) is 0.125. The van der Waals surface area contributed by atoms with Crippen molar-refractivity contribution in [2.45, 2.75) is 0 Å². The number of nitrogens with zero attached hydrogens (tertiary/aromatic N) is 3. The van der Waals surface area contributed by atoms with Gasteiger partial charge in [-0.1, -0.05) is 0 Å². The van der Waals surface area contributed by atoms with Gasteiger partial charge in [-0.05, 0) is 12.1 Å². The van der Waals surface area contributed by atoms with Crippen LogP contribution in [0.15, 0.2) is 23.3 Å². The van der Waals surface area contributed by atoms with Crippen LogP contribution in [0.5, 0.6) is 0 Å². The smallest absolute Gasteiger partial charge is 0.292 e. The highest BCUT2D eigenvalue weighted by atomic mass is 16.6. The van der Waals surface area contributed by atoms with Crippen LogP contribution in [-0.2, 0) is 0 Å². The fourth-order valence-corrected chi connectivity index (χ4v) is 1.38. The fourth-order valence-electron chi connectivity index (χ4n) is 1.38. The average Bonchev–Trinajstić information content (AvgIpc) is 2.65. The van der Waals surface area contributed by atoms with Gasteiger partial charge < -0.3 is 5.73 Å². The van der Waals surface area contributed by atoms with Crippen molar-refractivity contribution in [1.29, 1.82) is 0 Å². The summed E-state index contributed by atoms with van der Waals surface area (Å²) in [6.45, 7) is 0. The number of nitrogens with one attached hydrogen (secondary N) is 2. The third kappa shape index (κ3) is 1.61. The van der Waals surface area contributed by atoms with Crippen molar-refractivity contribution < 1.29 is 4.92 Å². The van der Waals surface area contributed by atoms with Crippen LogP contribution in [0.3, 0.4) is 0 Å². The minimum absolute atomic E-state index is 0.125. The van der Waals surface area contributed by atoms with E-state index in [2.05, 4.69) is 16.2 Å². The summed E-state index contributed by atoms with van der Waals surface area (Å²) in [5.74, 6) is 0.558. The van der Waals surface area contributed by atoms with Crippen molar-refractivity contribution in [3.63, 3.8) is 0 Å². The molecule has 0 radical (unpaired) electrons. The lowest BCUT2D eigenvalue weighted by molar-refractivity contribution is -0.383. The zero-order chi connectivity index (χ0) is 11.7. The molecule has 1 heterocycles. The number of nitrogens with two attached hydrogens (primary N) is 1. The van der Waals surface area contributed by atoms with Crippen LogP contribution >= 0.6 is 0 Å². The van der Waals surface area contributed by atoms with E-state index in [0.717, 1.165) is 0 Å². The van der Waals surface area contributed by atoms with Gasteiger partial charge in [-0.25, -0.2) is 5.53 Å². The van der Waals surface area contributed by atoms with E-state index >= 15 is 0 Å². The summed E-state index contributed by atoms with van der Waals surface area (Å²) in [5, 5.41) is 16.3. The molecule has 0 bridgehead atoms. The highest BCUT2D eigenvalue weighted by Gasteiger charge is 2.19. The predicted molar refractivity (Wildman–Crippen MR) is 58.1 cm³/mol. The van der Waals surface area contributed by atoms with Crippen molar-refractivity contribution in [3.8, 4) is 0 Å². The molecule has 1 aromatic carbocycles. The first-order valence-corrected chi connectivity index (χ1v) is 4.46. The summed E-state index contributed by atoms with van der Waals surface area (Å²) in [7, 11) is 1.74. The third-order valence-electron chi connectivity index (χ3n) is 2.18. The lowest BCUT2D eigenvalue weighted by Gasteiger charge is -2.12. The van der Waals surface area contributed by atoms with E-state index in [-0.39, 0.29) is 11.4 Å². The number of hydrogen-bond acceptors (Lipinski definition) is 7. The number of hydrazine groups is 2. The van der Waals surface area contributed by atoms with Gasteiger partial charge in [0.05, 0.1) is 4.92 Å². The zero-order valence-electron chi connectivity index (χ0n) is 8.47. The Labute approximate surface area is 90.8 Å². The van der Waals surface area contributed by atoms with Gasteiger partial charge in [-0.2, -0.15) is 0 Å².